The number of rotatable bonds is 2. The molecule has 86 valence electrons. The molecule has 0 spiro atoms. The zero-order valence-electron chi connectivity index (χ0n) is 10.2. The van der Waals surface area contributed by atoms with E-state index in [9.17, 15) is 0 Å². The Morgan fingerprint density at radius 1 is 1.38 bits per heavy atom. The monoisotopic (exact) mass is 217 g/mol. The third-order valence-corrected chi connectivity index (χ3v) is 2.84. The summed E-state index contributed by atoms with van der Waals surface area (Å²) in [5.74, 6) is 0. The Morgan fingerprint density at radius 3 is 2.62 bits per heavy atom. The molecule has 0 radical (unpaired) electrons. The van der Waals surface area contributed by atoms with Crippen molar-refractivity contribution < 1.29 is 4.74 Å². The summed E-state index contributed by atoms with van der Waals surface area (Å²) in [6, 6.07) is 10.7. The second-order valence-corrected chi connectivity index (χ2v) is 4.79. The molecule has 1 fully saturated rings. The van der Waals surface area contributed by atoms with E-state index in [4.69, 9.17) is 4.74 Å². The van der Waals surface area contributed by atoms with Crippen LogP contribution >= 0.6 is 0 Å². The molecule has 0 bridgehead atoms. The lowest BCUT2D eigenvalue weighted by atomic mass is 10.1. The summed E-state index contributed by atoms with van der Waals surface area (Å²) in [7, 11) is 0. The van der Waals surface area contributed by atoms with Gasteiger partial charge in [-0.2, -0.15) is 0 Å². The van der Waals surface area contributed by atoms with E-state index >= 15 is 0 Å². The van der Waals surface area contributed by atoms with Gasteiger partial charge in [0.05, 0.1) is 12.6 Å². The average molecular weight is 217 g/mol. The van der Waals surface area contributed by atoms with Crippen molar-refractivity contribution in [2.75, 3.05) is 6.61 Å². The highest BCUT2D eigenvalue weighted by Crippen LogP contribution is 2.19. The van der Waals surface area contributed by atoms with Gasteiger partial charge in [0.25, 0.3) is 0 Å². The van der Waals surface area contributed by atoms with E-state index in [-0.39, 0.29) is 5.72 Å². The molecule has 0 aliphatic carbocycles. The molecule has 2 heteroatoms. The molecular weight excluding hydrogens is 198 g/mol. The van der Waals surface area contributed by atoms with E-state index in [1.54, 1.807) is 0 Å². The van der Waals surface area contributed by atoms with Gasteiger partial charge in [-0.05, 0) is 31.9 Å². The minimum Gasteiger partial charge on any atom is -0.359 e. The number of ether oxygens (including phenoxy) is 1. The lowest BCUT2D eigenvalue weighted by molar-refractivity contribution is 0.0232. The molecule has 0 aromatic heterocycles. The van der Waals surface area contributed by atoms with E-state index < -0.39 is 0 Å². The first-order valence-electron chi connectivity index (χ1n) is 5.72. The topological polar surface area (TPSA) is 21.3 Å². The van der Waals surface area contributed by atoms with Crippen molar-refractivity contribution in [3.8, 4) is 0 Å². The van der Waals surface area contributed by atoms with Gasteiger partial charge in [-0.1, -0.05) is 36.4 Å². The van der Waals surface area contributed by atoms with E-state index in [1.807, 2.05) is 6.07 Å². The average Bonchev–Trinajstić information content (AvgIpc) is 2.59. The predicted molar refractivity (Wildman–Crippen MR) is 67.0 cm³/mol. The highest BCUT2D eigenvalue weighted by Gasteiger charge is 2.29. The van der Waals surface area contributed by atoms with E-state index in [0.717, 1.165) is 6.61 Å². The highest BCUT2D eigenvalue weighted by molar-refractivity contribution is 5.64. The van der Waals surface area contributed by atoms with Crippen LogP contribution in [0.5, 0.6) is 0 Å². The lowest BCUT2D eigenvalue weighted by Gasteiger charge is -2.17. The van der Waals surface area contributed by atoms with Crippen LogP contribution in [0, 0.1) is 0 Å². The van der Waals surface area contributed by atoms with Crippen LogP contribution in [0.4, 0.5) is 0 Å². The first-order chi connectivity index (χ1) is 7.57. The molecule has 1 saturated heterocycles. The Hall–Kier alpha value is -1.12. The van der Waals surface area contributed by atoms with Crippen molar-refractivity contribution in [1.29, 1.82) is 0 Å². The second-order valence-electron chi connectivity index (χ2n) is 4.79. The quantitative estimate of drug-likeness (QED) is 0.822. The smallest absolute Gasteiger partial charge is 0.114 e. The van der Waals surface area contributed by atoms with Gasteiger partial charge in [0.2, 0.25) is 0 Å². The third kappa shape index (κ3) is 2.71. The number of nitrogens with one attached hydrogen (secondary N) is 1. The Bertz CT molecular complexity index is 381. The maximum absolute atomic E-state index is 5.63. The maximum atomic E-state index is 5.63. The molecule has 1 aliphatic heterocycles. The van der Waals surface area contributed by atoms with Crippen LogP contribution in [-0.4, -0.2) is 18.4 Å². The number of hydrogen-bond donors (Lipinski definition) is 1. The van der Waals surface area contributed by atoms with E-state index in [1.165, 1.54) is 11.1 Å². The van der Waals surface area contributed by atoms with Crippen molar-refractivity contribution in [1.82, 2.24) is 5.32 Å². The van der Waals surface area contributed by atoms with Crippen molar-refractivity contribution in [2.24, 2.45) is 0 Å². The summed E-state index contributed by atoms with van der Waals surface area (Å²) < 4.78 is 5.63. The number of allylic oxidation sites excluding steroid dienone is 1. The molecule has 1 aromatic carbocycles. The molecule has 0 saturated carbocycles. The largest absolute Gasteiger partial charge is 0.359 e. The van der Waals surface area contributed by atoms with Crippen molar-refractivity contribution >= 4 is 5.57 Å². The standard InChI is InChI=1S/C14H19NO/c1-11(12-7-5-4-6-8-12)9-13-10-16-14(2,3)15-13/h4-9,13,15H,10H2,1-3H3/b11-9+. The normalized spacial score (nSPS) is 24.7. The van der Waals surface area contributed by atoms with E-state index in [0.29, 0.717) is 6.04 Å². The summed E-state index contributed by atoms with van der Waals surface area (Å²) in [5, 5.41) is 3.43. The summed E-state index contributed by atoms with van der Waals surface area (Å²) in [4.78, 5) is 0. The molecule has 0 amide bonds. The molecule has 1 unspecified atom stereocenters. The SMILES string of the molecule is C/C(=C\C1COC(C)(C)N1)c1ccccc1. The number of benzene rings is 1. The first kappa shape index (κ1) is 11.4. The fraction of sp³-hybridized carbons (Fsp3) is 0.429. The van der Waals surface area contributed by atoms with Gasteiger partial charge in [0, 0.05) is 0 Å². The second kappa shape index (κ2) is 4.40. The van der Waals surface area contributed by atoms with E-state index in [2.05, 4.69) is 56.4 Å². The van der Waals surface area contributed by atoms with Crippen molar-refractivity contribution in [2.45, 2.75) is 32.5 Å². The Balaban J connectivity index is 2.08. The van der Waals surface area contributed by atoms with Gasteiger partial charge in [-0.3, -0.25) is 5.32 Å². The van der Waals surface area contributed by atoms with Crippen LogP contribution in [0.2, 0.25) is 0 Å². The van der Waals surface area contributed by atoms with Crippen LogP contribution < -0.4 is 5.32 Å². The maximum Gasteiger partial charge on any atom is 0.114 e. The molecule has 2 rings (SSSR count). The Morgan fingerprint density at radius 2 is 2.06 bits per heavy atom. The van der Waals surface area contributed by atoms with Gasteiger partial charge < -0.3 is 4.74 Å². The minimum absolute atomic E-state index is 0.196. The van der Waals surface area contributed by atoms with Crippen molar-refractivity contribution in [3.63, 3.8) is 0 Å². The third-order valence-electron chi connectivity index (χ3n) is 2.84. The molecular formula is C14H19NO. The van der Waals surface area contributed by atoms with Gasteiger partial charge in [-0.25, -0.2) is 0 Å². The van der Waals surface area contributed by atoms with Gasteiger partial charge >= 0.3 is 0 Å². The molecule has 1 heterocycles. The summed E-state index contributed by atoms with van der Waals surface area (Å²) in [6.45, 7) is 7.00. The minimum atomic E-state index is -0.196. The van der Waals surface area contributed by atoms with Crippen LogP contribution in [0.25, 0.3) is 5.57 Å². The summed E-state index contributed by atoms with van der Waals surface area (Å²) in [6.07, 6.45) is 2.24. The molecule has 16 heavy (non-hydrogen) atoms. The molecule has 2 nitrogen and oxygen atoms in total. The van der Waals surface area contributed by atoms with Crippen LogP contribution in [0.15, 0.2) is 36.4 Å². The summed E-state index contributed by atoms with van der Waals surface area (Å²) >= 11 is 0. The Labute approximate surface area is 97.3 Å². The van der Waals surface area contributed by atoms with Crippen LogP contribution in [0.3, 0.4) is 0 Å². The fourth-order valence-corrected chi connectivity index (χ4v) is 2.02. The fourth-order valence-electron chi connectivity index (χ4n) is 2.02. The Kier molecular flexibility index (Phi) is 3.13. The van der Waals surface area contributed by atoms with Crippen molar-refractivity contribution in [3.05, 3.63) is 42.0 Å². The first-order valence-corrected chi connectivity index (χ1v) is 5.72. The molecule has 1 aliphatic rings. The van der Waals surface area contributed by atoms with Crippen LogP contribution in [0.1, 0.15) is 26.3 Å². The predicted octanol–water partition coefficient (Wildman–Crippen LogP) is 2.81. The van der Waals surface area contributed by atoms with Gasteiger partial charge in [-0.15, -0.1) is 0 Å². The zero-order valence-corrected chi connectivity index (χ0v) is 10.2. The zero-order chi connectivity index (χ0) is 11.6. The van der Waals surface area contributed by atoms with Gasteiger partial charge in [0.1, 0.15) is 5.72 Å². The molecule has 1 atom stereocenters. The van der Waals surface area contributed by atoms with Gasteiger partial charge in [0.15, 0.2) is 0 Å². The summed E-state index contributed by atoms with van der Waals surface area (Å²) in [5.41, 5.74) is 2.37. The van der Waals surface area contributed by atoms with Crippen LogP contribution in [-0.2, 0) is 4.74 Å². The number of hydrogen-bond acceptors (Lipinski definition) is 2. The molecule has 1 N–H and O–H groups in total. The lowest BCUT2D eigenvalue weighted by Crippen LogP contribution is -2.37. The highest BCUT2D eigenvalue weighted by atomic mass is 16.5. The molecule has 1 aromatic rings.